The number of rotatable bonds is 0. The third kappa shape index (κ3) is 56.3. The molecule has 0 aliphatic rings. The van der Waals surface area contributed by atoms with E-state index in [2.05, 4.69) is 0 Å². The van der Waals surface area contributed by atoms with Gasteiger partial charge in [0.05, 0.1) is 0 Å². The van der Waals surface area contributed by atoms with Crippen LogP contribution in [0.15, 0.2) is 0 Å². The summed E-state index contributed by atoms with van der Waals surface area (Å²) in [5.41, 5.74) is 4.85. The smallest absolute Gasteiger partial charge is 0.0106 e. The first kappa shape index (κ1) is 8.87. The fourth-order valence-electron chi connectivity index (χ4n) is 0. The highest BCUT2D eigenvalue weighted by atomic mass is 35.5. The Bertz CT molecular complexity index is 6.00. The second-order valence-corrected chi connectivity index (χ2v) is 0.408. The van der Waals surface area contributed by atoms with E-state index in [-0.39, 0.29) is 12.4 Å². The van der Waals surface area contributed by atoms with Crippen LogP contribution < -0.4 is 5.73 Å². The number of hydrogen-bond acceptors (Lipinski definition) is 1. The highest BCUT2D eigenvalue weighted by Crippen LogP contribution is 1.20. The van der Waals surface area contributed by atoms with Crippen LogP contribution in [0.5, 0.6) is 0 Å². The van der Waals surface area contributed by atoms with Crippen molar-refractivity contribution in [3.05, 3.63) is 0 Å². The Morgan fingerprint density at radius 1 is 1.75 bits per heavy atom. The first-order valence-corrected chi connectivity index (χ1v) is 1.12. The molecular weight excluding hydrogens is 74.5 g/mol. The lowest BCUT2D eigenvalue weighted by atomic mass is 10.9. The van der Waals surface area contributed by atoms with Crippen molar-refractivity contribution in [2.45, 2.75) is 6.92 Å². The van der Waals surface area contributed by atoms with Crippen molar-refractivity contribution in [3.63, 3.8) is 0 Å². The molecule has 0 rings (SSSR count). The summed E-state index contributed by atoms with van der Waals surface area (Å²) in [7, 11) is 0. The third-order valence-electron chi connectivity index (χ3n) is 0. The fraction of sp³-hybridized carbons (Fsp3) is 1.00. The average Bonchev–Trinajstić information content (AvgIpc) is 0.918. The van der Waals surface area contributed by atoms with E-state index in [1.807, 2.05) is 6.92 Å². The Morgan fingerprint density at radius 2 is 1.75 bits per heavy atom. The van der Waals surface area contributed by atoms with Crippen molar-refractivity contribution < 1.29 is 0 Å². The van der Waals surface area contributed by atoms with Gasteiger partial charge < -0.3 is 5.73 Å². The topological polar surface area (TPSA) is 26.0 Å². The van der Waals surface area contributed by atoms with Gasteiger partial charge in [0, 0.05) is 0 Å². The van der Waals surface area contributed by atoms with Crippen LogP contribution in [0, 0.1) is 0 Å². The van der Waals surface area contributed by atoms with E-state index >= 15 is 0 Å². The summed E-state index contributed by atoms with van der Waals surface area (Å²) in [6.45, 7) is 2.65. The lowest BCUT2D eigenvalue weighted by molar-refractivity contribution is 1.14. The molecule has 1 nitrogen and oxygen atoms in total. The minimum Gasteiger partial charge on any atom is -0.331 e. The Labute approximate surface area is 32.6 Å². The zero-order chi connectivity index (χ0) is 2.71. The maximum Gasteiger partial charge on any atom is -0.0106 e. The van der Waals surface area contributed by atoms with Gasteiger partial charge >= 0.3 is 0 Å². The molecule has 0 aromatic carbocycles. The number of hydrogen-bond donors (Lipinski definition) is 1. The largest absolute Gasteiger partial charge is 0.331 e. The van der Waals surface area contributed by atoms with Gasteiger partial charge in [-0.05, 0) is 6.54 Å². The first-order valence-electron chi connectivity index (χ1n) is 1.12. The van der Waals surface area contributed by atoms with Crippen molar-refractivity contribution >= 4 is 12.4 Å². The lowest BCUT2D eigenvalue weighted by Crippen LogP contribution is -1.87. The first-order chi connectivity index (χ1) is 1.41. The van der Waals surface area contributed by atoms with Crippen LogP contribution in [-0.2, 0) is 0 Å². The molecule has 0 bridgehead atoms. The molecule has 0 amide bonds. The molecule has 0 aromatic heterocycles. The van der Waals surface area contributed by atoms with E-state index in [0.717, 1.165) is 6.54 Å². The van der Waals surface area contributed by atoms with Gasteiger partial charge in [-0.1, -0.05) is 6.92 Å². The predicted octanol–water partition coefficient (Wildman–Crippen LogP) is 0.387. The maximum absolute atomic E-state index is 4.85. The van der Waals surface area contributed by atoms with Gasteiger partial charge in [0.15, 0.2) is 0 Å². The monoisotopic (exact) mass is 82.0 g/mol. The minimum absolute atomic E-state index is 0. The zero-order valence-corrected chi connectivity index (χ0v) is 3.51. The highest BCUT2D eigenvalue weighted by Gasteiger charge is 1.32. The molecule has 0 heterocycles. The molecule has 0 radical (unpaired) electrons. The molecule has 2 N–H and O–H groups in total. The van der Waals surface area contributed by atoms with Gasteiger partial charge in [0.25, 0.3) is 0 Å². The summed E-state index contributed by atoms with van der Waals surface area (Å²) >= 11 is 0. The Balaban J connectivity index is 0. The molecule has 4 heavy (non-hydrogen) atoms. The lowest BCUT2D eigenvalue weighted by Gasteiger charge is -1.53. The van der Waals surface area contributed by atoms with Crippen LogP contribution in [0.3, 0.4) is 0 Å². The van der Waals surface area contributed by atoms with Gasteiger partial charge in [-0.3, -0.25) is 0 Å². The van der Waals surface area contributed by atoms with Gasteiger partial charge in [0.1, 0.15) is 0 Å². The summed E-state index contributed by atoms with van der Waals surface area (Å²) in [5, 5.41) is 0. The van der Waals surface area contributed by atoms with E-state index in [4.69, 9.17) is 5.73 Å². The summed E-state index contributed by atoms with van der Waals surface area (Å²) in [6, 6.07) is 0. The molecule has 0 spiro atoms. The molecule has 0 atom stereocenters. The van der Waals surface area contributed by atoms with E-state index in [0.29, 0.717) is 0 Å². The summed E-state index contributed by atoms with van der Waals surface area (Å²) in [6.07, 6.45) is 0. The predicted molar refractivity (Wildman–Crippen MR) is 22.0 cm³/mol. The van der Waals surface area contributed by atoms with Crippen molar-refractivity contribution in [1.29, 1.82) is 0 Å². The number of halogens is 1. The molecule has 0 unspecified atom stereocenters. The minimum atomic E-state index is 0. The van der Waals surface area contributed by atoms with Crippen LogP contribution in [0.1, 0.15) is 6.92 Å². The quantitative estimate of drug-likeness (QED) is 0.420. The molecule has 0 fully saturated rings. The average molecular weight is 82.5 g/mol. The van der Waals surface area contributed by atoms with Gasteiger partial charge in [-0.25, -0.2) is 0 Å². The van der Waals surface area contributed by atoms with Gasteiger partial charge in [0.2, 0.25) is 0 Å². The molecule has 28 valence electrons. The molecule has 2 heteroatoms. The molecule has 0 saturated carbocycles. The highest BCUT2D eigenvalue weighted by molar-refractivity contribution is 5.85. The van der Waals surface area contributed by atoms with Gasteiger partial charge in [-0.15, -0.1) is 12.4 Å². The number of nitrogens with two attached hydrogens (primary N) is 1. The molecular formula is C2H8ClN. The van der Waals surface area contributed by atoms with Crippen molar-refractivity contribution in [2.24, 2.45) is 5.73 Å². The Hall–Kier alpha value is 0.250. The van der Waals surface area contributed by atoms with E-state index in [1.165, 1.54) is 0 Å². The van der Waals surface area contributed by atoms with Crippen LogP contribution >= 0.6 is 12.4 Å². The molecule has 0 aromatic rings. The standard InChI is InChI=1S/C2H7N.ClH/c1-2-3;/h2-3H2,1H3;1H/i3+1;. The normalized spacial score (nSPS) is 4.50. The van der Waals surface area contributed by atoms with Crippen LogP contribution in [0.2, 0.25) is 0 Å². The Kier molecular flexibility index (Phi) is 23.3. The van der Waals surface area contributed by atoms with Crippen molar-refractivity contribution in [1.82, 2.24) is 0 Å². The van der Waals surface area contributed by atoms with E-state index in [9.17, 15) is 0 Å². The van der Waals surface area contributed by atoms with Crippen molar-refractivity contribution in [3.8, 4) is 0 Å². The maximum atomic E-state index is 4.85. The summed E-state index contributed by atoms with van der Waals surface area (Å²) in [4.78, 5) is 0. The zero-order valence-electron chi connectivity index (χ0n) is 2.69. The summed E-state index contributed by atoms with van der Waals surface area (Å²) < 4.78 is 0. The third-order valence-corrected chi connectivity index (χ3v) is 0. The van der Waals surface area contributed by atoms with Crippen LogP contribution in [0.4, 0.5) is 0 Å². The SMILES string of the molecule is CC[15NH2].Cl. The molecule has 0 aliphatic heterocycles. The molecule has 0 saturated heterocycles. The van der Waals surface area contributed by atoms with Crippen molar-refractivity contribution in [2.75, 3.05) is 6.54 Å². The second kappa shape index (κ2) is 10.5. The fourth-order valence-corrected chi connectivity index (χ4v) is 0. The van der Waals surface area contributed by atoms with E-state index in [1.54, 1.807) is 0 Å². The summed E-state index contributed by atoms with van der Waals surface area (Å²) in [5.74, 6) is 0. The second-order valence-electron chi connectivity index (χ2n) is 0.408. The van der Waals surface area contributed by atoms with E-state index < -0.39 is 0 Å². The molecule has 0 aliphatic carbocycles. The van der Waals surface area contributed by atoms with Crippen LogP contribution in [0.25, 0.3) is 0 Å². The van der Waals surface area contributed by atoms with Crippen LogP contribution in [-0.4, -0.2) is 6.54 Å². The van der Waals surface area contributed by atoms with Gasteiger partial charge in [-0.2, -0.15) is 0 Å². The Morgan fingerprint density at radius 3 is 1.75 bits per heavy atom.